The third-order valence-electron chi connectivity index (χ3n) is 2.64. The molecule has 0 spiro atoms. The fourth-order valence-corrected chi connectivity index (χ4v) is 1.59. The van der Waals surface area contributed by atoms with Gasteiger partial charge in [-0.1, -0.05) is 0 Å². The van der Waals surface area contributed by atoms with Crippen LogP contribution in [0.2, 0.25) is 0 Å². The molecule has 0 unspecified atom stereocenters. The summed E-state index contributed by atoms with van der Waals surface area (Å²) in [6.45, 7) is 1.07. The van der Waals surface area contributed by atoms with E-state index in [9.17, 15) is 9.59 Å². The molecule has 2 heterocycles. The molecule has 0 atom stereocenters. The molecule has 0 fully saturated rings. The fourth-order valence-electron chi connectivity index (χ4n) is 1.59. The maximum absolute atomic E-state index is 11.5. The topological polar surface area (TPSA) is 96.3 Å². The van der Waals surface area contributed by atoms with E-state index >= 15 is 0 Å². The molecule has 7 nitrogen and oxygen atoms in total. The quantitative estimate of drug-likeness (QED) is 0.688. The van der Waals surface area contributed by atoms with Crippen molar-refractivity contribution in [3.8, 4) is 0 Å². The zero-order valence-electron chi connectivity index (χ0n) is 11.3. The van der Waals surface area contributed by atoms with E-state index in [0.29, 0.717) is 19.6 Å². The van der Waals surface area contributed by atoms with Crippen molar-refractivity contribution in [1.29, 1.82) is 0 Å². The third-order valence-corrected chi connectivity index (χ3v) is 2.64. The van der Waals surface area contributed by atoms with Gasteiger partial charge in [-0.3, -0.25) is 9.78 Å². The highest BCUT2D eigenvalue weighted by Gasteiger charge is 2.07. The van der Waals surface area contributed by atoms with Crippen molar-refractivity contribution in [2.75, 3.05) is 13.1 Å². The molecule has 2 aromatic rings. The van der Waals surface area contributed by atoms with E-state index in [1.807, 2.05) is 12.1 Å². The van der Waals surface area contributed by atoms with Crippen LogP contribution in [0.15, 0.2) is 47.3 Å². The van der Waals surface area contributed by atoms with E-state index in [1.165, 1.54) is 6.26 Å². The van der Waals surface area contributed by atoms with Crippen molar-refractivity contribution >= 4 is 11.9 Å². The van der Waals surface area contributed by atoms with Gasteiger partial charge < -0.3 is 20.4 Å². The lowest BCUT2D eigenvalue weighted by molar-refractivity contribution is 0.0926. The van der Waals surface area contributed by atoms with Crippen molar-refractivity contribution in [2.45, 2.75) is 6.54 Å². The van der Waals surface area contributed by atoms with Gasteiger partial charge in [0.05, 0.1) is 6.26 Å². The molecule has 3 amide bonds. The molecule has 0 bridgehead atoms. The molecule has 0 aliphatic heterocycles. The van der Waals surface area contributed by atoms with Crippen LogP contribution in [-0.4, -0.2) is 30.0 Å². The summed E-state index contributed by atoms with van der Waals surface area (Å²) in [5, 5.41) is 7.98. The first-order chi connectivity index (χ1) is 10.3. The van der Waals surface area contributed by atoms with Gasteiger partial charge in [0.15, 0.2) is 5.76 Å². The van der Waals surface area contributed by atoms with Crippen molar-refractivity contribution in [3.63, 3.8) is 0 Å². The van der Waals surface area contributed by atoms with E-state index < -0.39 is 0 Å². The number of hydrogen-bond acceptors (Lipinski definition) is 4. The summed E-state index contributed by atoms with van der Waals surface area (Å²) in [5.41, 5.74) is 0.964. The van der Waals surface area contributed by atoms with Crippen LogP contribution in [0.3, 0.4) is 0 Å². The van der Waals surface area contributed by atoms with Crippen LogP contribution in [0, 0.1) is 0 Å². The Morgan fingerprint density at radius 1 is 1.05 bits per heavy atom. The minimum atomic E-state index is -0.306. The molecule has 0 radical (unpaired) electrons. The minimum absolute atomic E-state index is 0.247. The molecule has 2 aromatic heterocycles. The van der Waals surface area contributed by atoms with Crippen LogP contribution < -0.4 is 16.0 Å². The summed E-state index contributed by atoms with van der Waals surface area (Å²) >= 11 is 0. The Morgan fingerprint density at radius 3 is 2.52 bits per heavy atom. The van der Waals surface area contributed by atoms with Crippen LogP contribution in [0.4, 0.5) is 4.79 Å². The Kier molecular flexibility index (Phi) is 5.33. The number of rotatable bonds is 6. The standard InChI is InChI=1S/C14H16N4O3/c19-13(12-2-1-9-21-12)16-7-8-17-14(20)18-10-11-3-5-15-6-4-11/h1-6,9H,7-8,10H2,(H,16,19)(H2,17,18,20). The smallest absolute Gasteiger partial charge is 0.315 e. The molecule has 21 heavy (non-hydrogen) atoms. The van der Waals surface area contributed by atoms with Crippen LogP contribution in [-0.2, 0) is 6.54 Å². The predicted octanol–water partition coefficient (Wildman–Crippen LogP) is 0.904. The van der Waals surface area contributed by atoms with Gasteiger partial charge in [-0.05, 0) is 29.8 Å². The number of hydrogen-bond donors (Lipinski definition) is 3. The molecule has 0 saturated carbocycles. The molecule has 3 N–H and O–H groups in total. The lowest BCUT2D eigenvalue weighted by Gasteiger charge is -2.08. The maximum Gasteiger partial charge on any atom is 0.315 e. The first-order valence-electron chi connectivity index (χ1n) is 6.48. The van der Waals surface area contributed by atoms with Crippen LogP contribution in [0.1, 0.15) is 16.1 Å². The van der Waals surface area contributed by atoms with Gasteiger partial charge in [0.2, 0.25) is 0 Å². The summed E-state index contributed by atoms with van der Waals surface area (Å²) in [4.78, 5) is 26.9. The average molecular weight is 288 g/mol. The molecule has 0 saturated heterocycles. The van der Waals surface area contributed by atoms with Crippen molar-refractivity contribution in [3.05, 3.63) is 54.2 Å². The number of pyridine rings is 1. The summed E-state index contributed by atoms with van der Waals surface area (Å²) in [6, 6.07) is 6.57. The van der Waals surface area contributed by atoms with Crippen LogP contribution >= 0.6 is 0 Å². The average Bonchev–Trinajstić information content (AvgIpc) is 3.05. The van der Waals surface area contributed by atoms with Crippen LogP contribution in [0.25, 0.3) is 0 Å². The van der Waals surface area contributed by atoms with Gasteiger partial charge in [0.25, 0.3) is 5.91 Å². The molecule has 110 valence electrons. The van der Waals surface area contributed by atoms with Crippen molar-refractivity contribution < 1.29 is 14.0 Å². The summed E-state index contributed by atoms with van der Waals surface area (Å²) < 4.78 is 4.94. The zero-order chi connectivity index (χ0) is 14.9. The first kappa shape index (κ1) is 14.6. The lowest BCUT2D eigenvalue weighted by atomic mass is 10.3. The van der Waals surface area contributed by atoms with Gasteiger partial charge >= 0.3 is 6.03 Å². The Balaban J connectivity index is 1.58. The Morgan fingerprint density at radius 2 is 1.81 bits per heavy atom. The number of urea groups is 1. The maximum atomic E-state index is 11.5. The van der Waals surface area contributed by atoms with E-state index in [0.717, 1.165) is 5.56 Å². The molecule has 0 aromatic carbocycles. The Labute approximate surface area is 121 Å². The van der Waals surface area contributed by atoms with Crippen LogP contribution in [0.5, 0.6) is 0 Å². The number of carbonyl (C=O) groups excluding carboxylic acids is 2. The molecule has 0 aliphatic carbocycles. The summed E-state index contributed by atoms with van der Waals surface area (Å²) in [7, 11) is 0. The second kappa shape index (κ2) is 7.68. The molecular formula is C14H16N4O3. The minimum Gasteiger partial charge on any atom is -0.459 e. The highest BCUT2D eigenvalue weighted by Crippen LogP contribution is 1.98. The predicted molar refractivity (Wildman–Crippen MR) is 75.5 cm³/mol. The second-order valence-electron chi connectivity index (χ2n) is 4.20. The van der Waals surface area contributed by atoms with E-state index in [1.54, 1.807) is 24.5 Å². The molecule has 7 heteroatoms. The number of aromatic nitrogens is 1. The highest BCUT2D eigenvalue weighted by atomic mass is 16.3. The lowest BCUT2D eigenvalue weighted by Crippen LogP contribution is -2.39. The second-order valence-corrected chi connectivity index (χ2v) is 4.20. The van der Waals surface area contributed by atoms with Gasteiger partial charge in [-0.25, -0.2) is 4.79 Å². The SMILES string of the molecule is O=C(NCCNC(=O)c1ccco1)NCc1ccncc1. The van der Waals surface area contributed by atoms with Crippen molar-refractivity contribution in [2.24, 2.45) is 0 Å². The normalized spacial score (nSPS) is 9.90. The first-order valence-corrected chi connectivity index (χ1v) is 6.48. The Hall–Kier alpha value is -2.83. The van der Waals surface area contributed by atoms with Gasteiger partial charge in [0.1, 0.15) is 0 Å². The summed E-state index contributed by atoms with van der Waals surface area (Å²) in [6.07, 6.45) is 4.76. The number of amides is 3. The number of nitrogens with zero attached hydrogens (tertiary/aromatic N) is 1. The summed E-state index contributed by atoms with van der Waals surface area (Å²) in [5.74, 6) is -0.0591. The third kappa shape index (κ3) is 4.98. The molecular weight excluding hydrogens is 272 g/mol. The van der Waals surface area contributed by atoms with Crippen molar-refractivity contribution in [1.82, 2.24) is 20.9 Å². The van der Waals surface area contributed by atoms with E-state index in [-0.39, 0.29) is 17.7 Å². The van der Waals surface area contributed by atoms with Gasteiger partial charge in [-0.15, -0.1) is 0 Å². The Bertz CT molecular complexity index is 569. The van der Waals surface area contributed by atoms with E-state index in [2.05, 4.69) is 20.9 Å². The van der Waals surface area contributed by atoms with E-state index in [4.69, 9.17) is 4.42 Å². The largest absolute Gasteiger partial charge is 0.459 e. The fraction of sp³-hybridized carbons (Fsp3) is 0.214. The molecule has 0 aliphatic rings. The zero-order valence-corrected chi connectivity index (χ0v) is 11.3. The monoisotopic (exact) mass is 288 g/mol. The number of furan rings is 1. The molecule has 2 rings (SSSR count). The number of carbonyl (C=O) groups is 2. The van der Waals surface area contributed by atoms with Gasteiger partial charge in [0, 0.05) is 32.0 Å². The van der Waals surface area contributed by atoms with Gasteiger partial charge in [-0.2, -0.15) is 0 Å². The number of nitrogens with one attached hydrogen (secondary N) is 3. The highest BCUT2D eigenvalue weighted by molar-refractivity contribution is 5.91.